The van der Waals surface area contributed by atoms with Crippen molar-refractivity contribution in [3.05, 3.63) is 65.4 Å². The molecule has 1 aliphatic rings. The number of benzene rings is 2. The SMILES string of the molecule is Cc1ccccc1N1C(=O)C(c2ccc(OCC(C)C)cc2)=C(N(C)CCO)C1=O. The highest BCUT2D eigenvalue weighted by atomic mass is 16.5. The number of rotatable bonds is 8. The second-order valence-corrected chi connectivity index (χ2v) is 7.83. The molecule has 0 atom stereocenters. The van der Waals surface area contributed by atoms with E-state index >= 15 is 0 Å². The van der Waals surface area contributed by atoms with E-state index in [4.69, 9.17) is 4.74 Å². The zero-order valence-corrected chi connectivity index (χ0v) is 17.9. The van der Waals surface area contributed by atoms with Gasteiger partial charge in [0, 0.05) is 13.6 Å². The van der Waals surface area contributed by atoms with Crippen molar-refractivity contribution in [1.82, 2.24) is 4.90 Å². The van der Waals surface area contributed by atoms with E-state index in [1.54, 1.807) is 36.2 Å². The van der Waals surface area contributed by atoms with Gasteiger partial charge < -0.3 is 14.7 Å². The van der Waals surface area contributed by atoms with Gasteiger partial charge in [-0.2, -0.15) is 0 Å². The van der Waals surface area contributed by atoms with Gasteiger partial charge in [0.2, 0.25) is 0 Å². The summed E-state index contributed by atoms with van der Waals surface area (Å²) in [5.41, 5.74) is 2.65. The zero-order valence-electron chi connectivity index (χ0n) is 17.9. The first kappa shape index (κ1) is 21.6. The first-order valence-corrected chi connectivity index (χ1v) is 10.1. The second kappa shape index (κ2) is 9.13. The summed E-state index contributed by atoms with van der Waals surface area (Å²) in [6.07, 6.45) is 0. The van der Waals surface area contributed by atoms with Crippen LogP contribution in [0.1, 0.15) is 25.0 Å². The van der Waals surface area contributed by atoms with Gasteiger partial charge in [0.1, 0.15) is 11.4 Å². The highest BCUT2D eigenvalue weighted by Crippen LogP contribution is 2.36. The van der Waals surface area contributed by atoms with Crippen LogP contribution in [0.15, 0.2) is 54.2 Å². The first-order valence-electron chi connectivity index (χ1n) is 10.1. The van der Waals surface area contributed by atoms with Crippen molar-refractivity contribution in [3.63, 3.8) is 0 Å². The topological polar surface area (TPSA) is 70.1 Å². The molecule has 2 aromatic rings. The molecule has 0 unspecified atom stereocenters. The van der Waals surface area contributed by atoms with Gasteiger partial charge in [-0.15, -0.1) is 0 Å². The molecule has 30 heavy (non-hydrogen) atoms. The summed E-state index contributed by atoms with van der Waals surface area (Å²) < 4.78 is 5.73. The number of carbonyl (C=O) groups is 2. The fourth-order valence-electron chi connectivity index (χ4n) is 3.41. The maximum atomic E-state index is 13.4. The van der Waals surface area contributed by atoms with Gasteiger partial charge in [-0.1, -0.05) is 44.2 Å². The molecular weight excluding hydrogens is 380 g/mol. The summed E-state index contributed by atoms with van der Waals surface area (Å²) in [7, 11) is 1.71. The predicted molar refractivity (Wildman–Crippen MR) is 117 cm³/mol. The number of aliphatic hydroxyl groups excluding tert-OH is 1. The number of carbonyl (C=O) groups excluding carboxylic acids is 2. The average Bonchev–Trinajstić information content (AvgIpc) is 2.98. The van der Waals surface area contributed by atoms with Crippen LogP contribution in [0.25, 0.3) is 5.57 Å². The van der Waals surface area contributed by atoms with Crippen LogP contribution in [0.5, 0.6) is 5.75 Å². The average molecular weight is 408 g/mol. The van der Waals surface area contributed by atoms with Gasteiger partial charge in [0.15, 0.2) is 0 Å². The molecule has 1 aliphatic heterocycles. The molecule has 6 heteroatoms. The molecule has 2 aromatic carbocycles. The Morgan fingerprint density at radius 3 is 2.30 bits per heavy atom. The molecule has 1 heterocycles. The monoisotopic (exact) mass is 408 g/mol. The fourth-order valence-corrected chi connectivity index (χ4v) is 3.41. The van der Waals surface area contributed by atoms with Gasteiger partial charge in [-0.25, -0.2) is 4.90 Å². The lowest BCUT2D eigenvalue weighted by Gasteiger charge is -2.21. The standard InChI is InChI=1S/C24H28N2O4/c1-16(2)15-30-19-11-9-18(10-12-19)21-22(25(4)13-14-27)24(29)26(23(21)28)20-8-6-5-7-17(20)3/h5-12,16,27H,13-15H2,1-4H3. The number of hydrogen-bond donors (Lipinski definition) is 1. The number of aliphatic hydroxyl groups is 1. The Labute approximate surface area is 177 Å². The van der Waals surface area contributed by atoms with E-state index in [1.807, 2.05) is 31.2 Å². The van der Waals surface area contributed by atoms with Gasteiger partial charge in [0.25, 0.3) is 11.8 Å². The van der Waals surface area contributed by atoms with Crippen molar-refractivity contribution < 1.29 is 19.4 Å². The van der Waals surface area contributed by atoms with E-state index in [-0.39, 0.29) is 30.7 Å². The van der Waals surface area contributed by atoms with E-state index in [0.29, 0.717) is 35.1 Å². The highest BCUT2D eigenvalue weighted by Gasteiger charge is 2.42. The van der Waals surface area contributed by atoms with Gasteiger partial charge >= 0.3 is 0 Å². The molecule has 2 amide bonds. The Hall–Kier alpha value is -3.12. The Balaban J connectivity index is 2.02. The number of hydrogen-bond acceptors (Lipinski definition) is 5. The lowest BCUT2D eigenvalue weighted by atomic mass is 10.0. The van der Waals surface area contributed by atoms with Crippen molar-refractivity contribution >= 4 is 23.1 Å². The van der Waals surface area contributed by atoms with Crippen LogP contribution >= 0.6 is 0 Å². The van der Waals surface area contributed by atoms with E-state index in [0.717, 1.165) is 5.56 Å². The molecular formula is C24H28N2O4. The molecule has 0 radical (unpaired) electrons. The van der Waals surface area contributed by atoms with Crippen molar-refractivity contribution in [2.24, 2.45) is 5.92 Å². The lowest BCUT2D eigenvalue weighted by molar-refractivity contribution is -0.120. The quantitative estimate of drug-likeness (QED) is 0.679. The number of ether oxygens (including phenoxy) is 1. The maximum absolute atomic E-state index is 13.4. The van der Waals surface area contributed by atoms with Crippen molar-refractivity contribution in [3.8, 4) is 5.75 Å². The van der Waals surface area contributed by atoms with E-state index in [2.05, 4.69) is 13.8 Å². The summed E-state index contributed by atoms with van der Waals surface area (Å²) >= 11 is 0. The van der Waals surface area contributed by atoms with Crippen LogP contribution in [-0.2, 0) is 9.59 Å². The molecule has 0 fully saturated rings. The first-order chi connectivity index (χ1) is 14.3. The Morgan fingerprint density at radius 1 is 1.03 bits per heavy atom. The minimum atomic E-state index is -0.389. The van der Waals surface area contributed by atoms with Crippen LogP contribution < -0.4 is 9.64 Å². The second-order valence-electron chi connectivity index (χ2n) is 7.83. The number of imide groups is 1. The minimum Gasteiger partial charge on any atom is -0.493 e. The molecule has 158 valence electrons. The molecule has 6 nitrogen and oxygen atoms in total. The number of para-hydroxylation sites is 1. The van der Waals surface area contributed by atoms with Gasteiger partial charge in [-0.05, 0) is 42.2 Å². The highest BCUT2D eigenvalue weighted by molar-refractivity contribution is 6.45. The van der Waals surface area contributed by atoms with Crippen LogP contribution in [0.2, 0.25) is 0 Å². The van der Waals surface area contributed by atoms with Crippen molar-refractivity contribution in [1.29, 1.82) is 0 Å². The number of likely N-dealkylation sites (N-methyl/N-ethyl adjacent to an activating group) is 1. The molecule has 0 spiro atoms. The third-order valence-electron chi connectivity index (χ3n) is 4.96. The summed E-state index contributed by atoms with van der Waals surface area (Å²) in [6, 6.07) is 14.5. The van der Waals surface area contributed by atoms with Crippen molar-refractivity contribution in [2.45, 2.75) is 20.8 Å². The van der Waals surface area contributed by atoms with Gasteiger partial charge in [0.05, 0.1) is 24.5 Å². The summed E-state index contributed by atoms with van der Waals surface area (Å²) in [5.74, 6) is 0.360. The molecule has 3 rings (SSSR count). The van der Waals surface area contributed by atoms with E-state index in [1.165, 1.54) is 4.90 Å². The molecule has 0 saturated carbocycles. The number of anilines is 1. The Morgan fingerprint density at radius 2 is 1.70 bits per heavy atom. The Bertz CT molecular complexity index is 963. The normalized spacial score (nSPS) is 14.1. The minimum absolute atomic E-state index is 0.124. The molecule has 0 bridgehead atoms. The molecule has 0 aromatic heterocycles. The van der Waals surface area contributed by atoms with Crippen LogP contribution in [0, 0.1) is 12.8 Å². The Kier molecular flexibility index (Phi) is 6.57. The smallest absolute Gasteiger partial charge is 0.282 e. The predicted octanol–water partition coefficient (Wildman–Crippen LogP) is 3.24. The zero-order chi connectivity index (χ0) is 21.8. The molecule has 0 aliphatic carbocycles. The summed E-state index contributed by atoms with van der Waals surface area (Å²) in [5, 5.41) is 9.38. The number of nitrogens with zero attached hydrogens (tertiary/aromatic N) is 2. The van der Waals surface area contributed by atoms with Gasteiger partial charge in [-0.3, -0.25) is 9.59 Å². The third-order valence-corrected chi connectivity index (χ3v) is 4.96. The van der Waals surface area contributed by atoms with E-state index in [9.17, 15) is 14.7 Å². The number of amides is 2. The largest absolute Gasteiger partial charge is 0.493 e. The fraction of sp³-hybridized carbons (Fsp3) is 0.333. The lowest BCUT2D eigenvalue weighted by Crippen LogP contribution is -2.35. The van der Waals surface area contributed by atoms with Crippen LogP contribution in [0.3, 0.4) is 0 Å². The summed E-state index contributed by atoms with van der Waals surface area (Å²) in [6.45, 7) is 6.74. The van der Waals surface area contributed by atoms with Crippen molar-refractivity contribution in [2.75, 3.05) is 31.7 Å². The van der Waals surface area contributed by atoms with Crippen LogP contribution in [-0.4, -0.2) is 48.6 Å². The van der Waals surface area contributed by atoms with Crippen LogP contribution in [0.4, 0.5) is 5.69 Å². The molecule has 1 N–H and O–H groups in total. The third kappa shape index (κ3) is 4.24. The summed E-state index contributed by atoms with van der Waals surface area (Å²) in [4.78, 5) is 29.6. The maximum Gasteiger partial charge on any atom is 0.282 e. The molecule has 0 saturated heterocycles. The van der Waals surface area contributed by atoms with E-state index < -0.39 is 0 Å². The number of aryl methyl sites for hydroxylation is 1.